The smallest absolute Gasteiger partial charge is 0.253 e. The topological polar surface area (TPSA) is 63.5 Å². The molecule has 0 fully saturated rings. The number of carbonyl (C=O) groups is 2. The van der Waals surface area contributed by atoms with Crippen molar-refractivity contribution >= 4 is 17.3 Å². The van der Waals surface area contributed by atoms with Gasteiger partial charge in [0, 0.05) is 17.5 Å². The maximum Gasteiger partial charge on any atom is 0.253 e. The Morgan fingerprint density at radius 3 is 2.48 bits per heavy atom. The van der Waals surface area contributed by atoms with Crippen LogP contribution in [0, 0.1) is 13.8 Å². The number of aryl methyl sites for hydroxylation is 2. The van der Waals surface area contributed by atoms with Crippen LogP contribution in [-0.2, 0) is 0 Å². The van der Waals surface area contributed by atoms with Crippen LogP contribution >= 0.6 is 0 Å². The zero-order valence-electron chi connectivity index (χ0n) is 14.6. The highest BCUT2D eigenvalue weighted by molar-refractivity contribution is 6.04. The van der Waals surface area contributed by atoms with Gasteiger partial charge in [0.1, 0.15) is 5.65 Å². The first-order valence-corrected chi connectivity index (χ1v) is 8.36. The van der Waals surface area contributed by atoms with E-state index < -0.39 is 6.04 Å². The van der Waals surface area contributed by atoms with Crippen LogP contribution in [0.5, 0.6) is 0 Å². The standard InChI is InChI=1S/C20H21N3O2/c1-4-17(19(24)15-8-6-5-7-9-15)22-20(25)16-10-11-18-21-13(2)14(3)23(18)12-16/h5-12,17H,4H2,1-3H3,(H,22,25). The van der Waals surface area contributed by atoms with Gasteiger partial charge in [-0.3, -0.25) is 9.59 Å². The molecule has 1 amide bonds. The van der Waals surface area contributed by atoms with Crippen LogP contribution in [0.4, 0.5) is 0 Å². The van der Waals surface area contributed by atoms with Crippen molar-refractivity contribution in [1.29, 1.82) is 0 Å². The number of ketones is 1. The molecule has 2 heterocycles. The van der Waals surface area contributed by atoms with Gasteiger partial charge in [0.15, 0.2) is 5.78 Å². The molecule has 0 spiro atoms. The number of imidazole rings is 1. The fraction of sp³-hybridized carbons (Fsp3) is 0.250. The Morgan fingerprint density at radius 2 is 1.80 bits per heavy atom. The molecule has 0 radical (unpaired) electrons. The maximum atomic E-state index is 12.6. The molecule has 3 rings (SSSR count). The van der Waals surface area contributed by atoms with Gasteiger partial charge >= 0.3 is 0 Å². The number of nitrogens with one attached hydrogen (secondary N) is 1. The van der Waals surface area contributed by atoms with Crippen molar-refractivity contribution in [3.63, 3.8) is 0 Å². The summed E-state index contributed by atoms with van der Waals surface area (Å²) in [6.07, 6.45) is 2.30. The van der Waals surface area contributed by atoms with Crippen molar-refractivity contribution < 1.29 is 9.59 Å². The lowest BCUT2D eigenvalue weighted by Gasteiger charge is -2.16. The summed E-state index contributed by atoms with van der Waals surface area (Å²) in [5.41, 5.74) is 3.85. The summed E-state index contributed by atoms with van der Waals surface area (Å²) in [4.78, 5) is 29.6. The molecule has 5 nitrogen and oxygen atoms in total. The van der Waals surface area contributed by atoms with E-state index in [9.17, 15) is 9.59 Å². The molecule has 5 heteroatoms. The Bertz CT molecular complexity index is 929. The number of benzene rings is 1. The lowest BCUT2D eigenvalue weighted by molar-refractivity contribution is 0.0855. The van der Waals surface area contributed by atoms with E-state index in [0.29, 0.717) is 17.5 Å². The molecule has 1 N–H and O–H groups in total. The van der Waals surface area contributed by atoms with Gasteiger partial charge in [0.25, 0.3) is 5.91 Å². The zero-order chi connectivity index (χ0) is 18.0. The van der Waals surface area contributed by atoms with E-state index in [4.69, 9.17) is 0 Å². The minimum atomic E-state index is -0.545. The minimum absolute atomic E-state index is 0.0767. The number of hydrogen-bond donors (Lipinski definition) is 1. The molecular weight excluding hydrogens is 314 g/mol. The number of rotatable bonds is 5. The molecule has 0 saturated heterocycles. The molecule has 25 heavy (non-hydrogen) atoms. The number of amides is 1. The fourth-order valence-corrected chi connectivity index (χ4v) is 2.81. The van der Waals surface area contributed by atoms with E-state index >= 15 is 0 Å². The summed E-state index contributed by atoms with van der Waals surface area (Å²) < 4.78 is 1.89. The zero-order valence-corrected chi connectivity index (χ0v) is 14.6. The molecule has 128 valence electrons. The van der Waals surface area contributed by atoms with E-state index in [2.05, 4.69) is 10.3 Å². The monoisotopic (exact) mass is 335 g/mol. The van der Waals surface area contributed by atoms with Gasteiger partial charge in [-0.2, -0.15) is 0 Å². The highest BCUT2D eigenvalue weighted by Gasteiger charge is 2.21. The Labute approximate surface area is 146 Å². The number of carbonyl (C=O) groups excluding carboxylic acids is 2. The Kier molecular flexibility index (Phi) is 4.65. The van der Waals surface area contributed by atoms with E-state index in [1.54, 1.807) is 24.4 Å². The van der Waals surface area contributed by atoms with Crippen LogP contribution in [0.15, 0.2) is 48.7 Å². The fourth-order valence-electron chi connectivity index (χ4n) is 2.81. The van der Waals surface area contributed by atoms with Crippen LogP contribution in [0.3, 0.4) is 0 Å². The third-order valence-electron chi connectivity index (χ3n) is 4.44. The summed E-state index contributed by atoms with van der Waals surface area (Å²) in [6.45, 7) is 5.79. The van der Waals surface area contributed by atoms with Gasteiger partial charge in [-0.05, 0) is 32.4 Å². The van der Waals surface area contributed by atoms with Gasteiger partial charge in [-0.15, -0.1) is 0 Å². The van der Waals surface area contributed by atoms with E-state index in [1.807, 2.05) is 49.4 Å². The van der Waals surface area contributed by atoms with Crippen LogP contribution < -0.4 is 5.32 Å². The Balaban J connectivity index is 1.82. The first-order chi connectivity index (χ1) is 12.0. The number of hydrogen-bond acceptors (Lipinski definition) is 3. The molecule has 1 unspecified atom stereocenters. The average molecular weight is 335 g/mol. The number of pyridine rings is 1. The largest absolute Gasteiger partial charge is 0.342 e. The van der Waals surface area contributed by atoms with Gasteiger partial charge in [-0.25, -0.2) is 4.98 Å². The van der Waals surface area contributed by atoms with Crippen LogP contribution in [0.1, 0.15) is 45.4 Å². The van der Waals surface area contributed by atoms with Crippen LogP contribution in [0.2, 0.25) is 0 Å². The predicted octanol–water partition coefficient (Wildman–Crippen LogP) is 3.34. The highest BCUT2D eigenvalue weighted by atomic mass is 16.2. The number of nitrogens with zero attached hydrogens (tertiary/aromatic N) is 2. The van der Waals surface area contributed by atoms with E-state index in [-0.39, 0.29) is 11.7 Å². The van der Waals surface area contributed by atoms with Gasteiger partial charge in [0.05, 0.1) is 17.3 Å². The van der Waals surface area contributed by atoms with Crippen LogP contribution in [-0.4, -0.2) is 27.1 Å². The molecule has 0 saturated carbocycles. The van der Waals surface area contributed by atoms with E-state index in [0.717, 1.165) is 17.0 Å². The molecular formula is C20H21N3O2. The molecule has 0 aliphatic rings. The van der Waals surface area contributed by atoms with Crippen molar-refractivity contribution in [3.8, 4) is 0 Å². The Morgan fingerprint density at radius 1 is 1.08 bits per heavy atom. The normalized spacial score (nSPS) is 12.1. The third kappa shape index (κ3) is 3.31. The second-order valence-electron chi connectivity index (χ2n) is 6.09. The second kappa shape index (κ2) is 6.89. The summed E-state index contributed by atoms with van der Waals surface area (Å²) in [7, 11) is 0. The summed E-state index contributed by atoms with van der Waals surface area (Å²) in [5, 5.41) is 2.85. The van der Waals surface area contributed by atoms with Crippen molar-refractivity contribution in [2.45, 2.75) is 33.2 Å². The van der Waals surface area contributed by atoms with Gasteiger partial charge in [0.2, 0.25) is 0 Å². The van der Waals surface area contributed by atoms with Gasteiger partial charge < -0.3 is 9.72 Å². The number of fused-ring (bicyclic) bond motifs is 1. The van der Waals surface area contributed by atoms with Crippen molar-refractivity contribution in [2.75, 3.05) is 0 Å². The van der Waals surface area contributed by atoms with Gasteiger partial charge in [-0.1, -0.05) is 37.3 Å². The molecule has 3 aromatic rings. The molecule has 1 aromatic carbocycles. The summed E-state index contributed by atoms with van der Waals surface area (Å²) >= 11 is 0. The lowest BCUT2D eigenvalue weighted by Crippen LogP contribution is -2.40. The van der Waals surface area contributed by atoms with Crippen molar-refractivity contribution in [1.82, 2.24) is 14.7 Å². The maximum absolute atomic E-state index is 12.6. The van der Waals surface area contributed by atoms with E-state index in [1.165, 1.54) is 0 Å². The first kappa shape index (κ1) is 16.9. The minimum Gasteiger partial charge on any atom is -0.342 e. The summed E-state index contributed by atoms with van der Waals surface area (Å²) in [5.74, 6) is -0.337. The summed E-state index contributed by atoms with van der Waals surface area (Å²) in [6, 6.07) is 12.0. The number of Topliss-reactive ketones (excluding diaryl/α,β-unsaturated/α-hetero) is 1. The predicted molar refractivity (Wildman–Crippen MR) is 97.0 cm³/mol. The van der Waals surface area contributed by atoms with Crippen molar-refractivity contribution in [3.05, 3.63) is 71.2 Å². The average Bonchev–Trinajstić information content (AvgIpc) is 2.93. The quantitative estimate of drug-likeness (QED) is 0.727. The molecule has 1 atom stereocenters. The first-order valence-electron chi connectivity index (χ1n) is 8.36. The third-order valence-corrected chi connectivity index (χ3v) is 4.44. The number of aromatic nitrogens is 2. The lowest BCUT2D eigenvalue weighted by atomic mass is 10.0. The van der Waals surface area contributed by atoms with Crippen LogP contribution in [0.25, 0.3) is 5.65 Å². The second-order valence-corrected chi connectivity index (χ2v) is 6.09. The molecule has 0 bridgehead atoms. The highest BCUT2D eigenvalue weighted by Crippen LogP contribution is 2.13. The molecule has 0 aliphatic carbocycles. The Hall–Kier alpha value is -2.95. The van der Waals surface area contributed by atoms with Crippen molar-refractivity contribution in [2.24, 2.45) is 0 Å². The molecule has 0 aliphatic heterocycles. The SMILES string of the molecule is CCC(NC(=O)c1ccc2nc(C)c(C)n2c1)C(=O)c1ccccc1. The molecule has 2 aromatic heterocycles.